The first-order chi connectivity index (χ1) is 3.68. The van der Waals surface area contributed by atoms with Gasteiger partial charge in [-0.25, -0.2) is 0 Å². The van der Waals surface area contributed by atoms with Crippen LogP contribution in [-0.2, 0) is 0 Å². The zero-order valence-electron chi connectivity index (χ0n) is 4.92. The van der Waals surface area contributed by atoms with E-state index in [4.69, 9.17) is 5.73 Å². The van der Waals surface area contributed by atoms with E-state index in [1.807, 2.05) is 6.92 Å². The van der Waals surface area contributed by atoms with Crippen molar-refractivity contribution in [3.8, 4) is 0 Å². The van der Waals surface area contributed by atoms with E-state index >= 15 is 0 Å². The fourth-order valence-corrected chi connectivity index (χ4v) is 1.15. The molecule has 0 saturated heterocycles. The van der Waals surface area contributed by atoms with Gasteiger partial charge in [0.15, 0.2) is 0 Å². The highest BCUT2D eigenvalue weighted by atomic mass is 33.1. The van der Waals surface area contributed by atoms with Gasteiger partial charge in [-0.05, 0) is 6.92 Å². The maximum Gasteiger partial charge on any atom is 0.0348 e. The Morgan fingerprint density at radius 1 is 2.00 bits per heavy atom. The molecule has 8 heavy (non-hydrogen) atoms. The second-order valence-electron chi connectivity index (χ2n) is 1.75. The molecule has 0 aromatic rings. The summed E-state index contributed by atoms with van der Waals surface area (Å²) in [6.45, 7) is 5.63. The molecule has 1 nitrogen and oxygen atoms in total. The van der Waals surface area contributed by atoms with Gasteiger partial charge in [-0.15, -0.1) is 11.7 Å². The molecule has 0 aliphatic carbocycles. The fourth-order valence-electron chi connectivity index (χ4n) is 0.223. The van der Waals surface area contributed by atoms with Crippen molar-refractivity contribution in [1.29, 1.82) is 0 Å². The summed E-state index contributed by atoms with van der Waals surface area (Å²) in [6, 6.07) is 0.109. The Morgan fingerprint density at radius 2 is 2.50 bits per heavy atom. The third-order valence-electron chi connectivity index (χ3n) is 0.887. The van der Waals surface area contributed by atoms with E-state index in [-0.39, 0.29) is 6.04 Å². The molecule has 0 aliphatic heterocycles. The van der Waals surface area contributed by atoms with Gasteiger partial charge in [0.2, 0.25) is 0 Å². The van der Waals surface area contributed by atoms with Gasteiger partial charge >= 0.3 is 0 Å². The smallest absolute Gasteiger partial charge is 0.0348 e. The van der Waals surface area contributed by atoms with Crippen molar-refractivity contribution < 1.29 is 0 Å². The standard InChI is InChI=1S/C5H11NS2/c1-4(2)5(6)3-8-7/h5,7H,1,3,6H2,2H3/t5-/m0/s1. The van der Waals surface area contributed by atoms with Crippen molar-refractivity contribution in [2.24, 2.45) is 5.73 Å². The summed E-state index contributed by atoms with van der Waals surface area (Å²) in [4.78, 5) is 0. The van der Waals surface area contributed by atoms with Crippen LogP contribution >= 0.6 is 22.5 Å². The van der Waals surface area contributed by atoms with Crippen molar-refractivity contribution in [2.75, 3.05) is 5.75 Å². The minimum absolute atomic E-state index is 0.109. The predicted molar refractivity (Wildman–Crippen MR) is 44.2 cm³/mol. The van der Waals surface area contributed by atoms with E-state index in [1.165, 1.54) is 10.8 Å². The Morgan fingerprint density at radius 3 is 2.62 bits per heavy atom. The van der Waals surface area contributed by atoms with Crippen LogP contribution in [0.15, 0.2) is 12.2 Å². The van der Waals surface area contributed by atoms with Gasteiger partial charge in [-0.2, -0.15) is 0 Å². The molecule has 3 heteroatoms. The number of nitrogens with two attached hydrogens (primary N) is 1. The maximum atomic E-state index is 5.56. The first kappa shape index (κ1) is 8.40. The first-order valence-electron chi connectivity index (χ1n) is 2.36. The largest absolute Gasteiger partial charge is 0.324 e. The Kier molecular flexibility index (Phi) is 4.51. The molecule has 0 amide bonds. The molecule has 0 spiro atoms. The summed E-state index contributed by atoms with van der Waals surface area (Å²) in [5.41, 5.74) is 6.58. The lowest BCUT2D eigenvalue weighted by atomic mass is 10.2. The lowest BCUT2D eigenvalue weighted by Crippen LogP contribution is -2.22. The highest BCUT2D eigenvalue weighted by Gasteiger charge is 1.99. The van der Waals surface area contributed by atoms with E-state index in [1.54, 1.807) is 0 Å². The third kappa shape index (κ3) is 3.41. The van der Waals surface area contributed by atoms with Crippen LogP contribution < -0.4 is 5.73 Å². The summed E-state index contributed by atoms with van der Waals surface area (Å²) < 4.78 is 0. The van der Waals surface area contributed by atoms with E-state index in [9.17, 15) is 0 Å². The second kappa shape index (κ2) is 4.30. The van der Waals surface area contributed by atoms with Crippen LogP contribution in [0.2, 0.25) is 0 Å². The Hall–Kier alpha value is 0.400. The highest BCUT2D eigenvalue weighted by Crippen LogP contribution is 2.08. The normalized spacial score (nSPS) is 13.4. The van der Waals surface area contributed by atoms with Gasteiger partial charge in [0, 0.05) is 11.8 Å². The molecule has 1 atom stereocenters. The van der Waals surface area contributed by atoms with Gasteiger partial charge in [-0.1, -0.05) is 22.9 Å². The Balaban J connectivity index is 3.32. The van der Waals surface area contributed by atoms with Crippen LogP contribution in [0.25, 0.3) is 0 Å². The maximum absolute atomic E-state index is 5.56. The van der Waals surface area contributed by atoms with Crippen LogP contribution in [0.1, 0.15) is 6.92 Å². The van der Waals surface area contributed by atoms with Crippen LogP contribution in [0.4, 0.5) is 0 Å². The monoisotopic (exact) mass is 149 g/mol. The van der Waals surface area contributed by atoms with E-state index in [0.29, 0.717) is 0 Å². The second-order valence-corrected chi connectivity index (χ2v) is 3.11. The number of thiol groups is 1. The summed E-state index contributed by atoms with van der Waals surface area (Å²) in [5.74, 6) is 0.846. The zero-order valence-corrected chi connectivity index (χ0v) is 6.64. The molecule has 0 unspecified atom stereocenters. The molecule has 0 rings (SSSR count). The van der Waals surface area contributed by atoms with Crippen LogP contribution in [0, 0.1) is 0 Å². The summed E-state index contributed by atoms with van der Waals surface area (Å²) in [6.07, 6.45) is 0. The molecule has 2 N–H and O–H groups in total. The summed E-state index contributed by atoms with van der Waals surface area (Å²) in [7, 11) is 1.45. The van der Waals surface area contributed by atoms with Crippen LogP contribution in [0.3, 0.4) is 0 Å². The average molecular weight is 149 g/mol. The summed E-state index contributed by atoms with van der Waals surface area (Å²) >= 11 is 3.95. The molecule has 0 bridgehead atoms. The van der Waals surface area contributed by atoms with Crippen molar-refractivity contribution in [3.05, 3.63) is 12.2 Å². The van der Waals surface area contributed by atoms with Crippen LogP contribution in [0.5, 0.6) is 0 Å². The van der Waals surface area contributed by atoms with Gasteiger partial charge in [-0.3, -0.25) is 0 Å². The molecular weight excluding hydrogens is 138 g/mol. The van der Waals surface area contributed by atoms with Crippen LogP contribution in [-0.4, -0.2) is 11.8 Å². The minimum Gasteiger partial charge on any atom is -0.324 e. The van der Waals surface area contributed by atoms with E-state index in [2.05, 4.69) is 18.2 Å². The van der Waals surface area contributed by atoms with E-state index < -0.39 is 0 Å². The lowest BCUT2D eigenvalue weighted by Gasteiger charge is -2.06. The predicted octanol–water partition coefficient (Wildman–Crippen LogP) is 1.47. The fraction of sp³-hybridized carbons (Fsp3) is 0.600. The molecule has 0 fully saturated rings. The molecule has 0 aliphatic rings. The Bertz CT molecular complexity index is 82.5. The van der Waals surface area contributed by atoms with Crippen molar-refractivity contribution >= 4 is 22.5 Å². The lowest BCUT2D eigenvalue weighted by molar-refractivity contribution is 0.880. The molecular formula is C5H11NS2. The topological polar surface area (TPSA) is 26.0 Å². The molecule has 0 aromatic carbocycles. The molecule has 0 heterocycles. The molecule has 0 saturated carbocycles. The SMILES string of the molecule is C=C(C)[C@@H](N)CSS. The molecule has 48 valence electrons. The van der Waals surface area contributed by atoms with Crippen molar-refractivity contribution in [2.45, 2.75) is 13.0 Å². The van der Waals surface area contributed by atoms with Gasteiger partial charge in [0.05, 0.1) is 0 Å². The third-order valence-corrected chi connectivity index (χ3v) is 1.84. The van der Waals surface area contributed by atoms with Gasteiger partial charge < -0.3 is 5.73 Å². The molecule has 0 aromatic heterocycles. The molecule has 0 radical (unpaired) electrons. The number of hydrogen-bond donors (Lipinski definition) is 2. The first-order valence-corrected chi connectivity index (χ1v) is 4.39. The van der Waals surface area contributed by atoms with E-state index in [0.717, 1.165) is 11.3 Å². The average Bonchev–Trinajstić information content (AvgIpc) is 1.67. The highest BCUT2D eigenvalue weighted by molar-refractivity contribution is 8.68. The van der Waals surface area contributed by atoms with Crippen molar-refractivity contribution in [3.63, 3.8) is 0 Å². The quantitative estimate of drug-likeness (QED) is 0.361. The Labute approximate surface area is 59.5 Å². The zero-order chi connectivity index (χ0) is 6.57. The summed E-state index contributed by atoms with van der Waals surface area (Å²) in [5, 5.41) is 0. The number of hydrogen-bond acceptors (Lipinski definition) is 3. The van der Waals surface area contributed by atoms with Crippen molar-refractivity contribution in [1.82, 2.24) is 0 Å². The minimum atomic E-state index is 0.109. The van der Waals surface area contributed by atoms with Gasteiger partial charge in [0.25, 0.3) is 0 Å². The van der Waals surface area contributed by atoms with Gasteiger partial charge in [0.1, 0.15) is 0 Å². The number of rotatable bonds is 3.